The van der Waals surface area contributed by atoms with Crippen LogP contribution >= 0.6 is 0 Å². The minimum Gasteiger partial charge on any atom is -0.454 e. The number of Topliss-reactive ketones (excluding diaryl/α,β-unsaturated/α-hetero) is 2. The molecule has 0 unspecified atom stereocenters. The van der Waals surface area contributed by atoms with Crippen LogP contribution in [0.2, 0.25) is 0 Å². The lowest BCUT2D eigenvalue weighted by Crippen LogP contribution is -2.24. The van der Waals surface area contributed by atoms with Gasteiger partial charge in [-0.05, 0) is 49.4 Å². The minimum atomic E-state index is -0.788. The highest BCUT2D eigenvalue weighted by Crippen LogP contribution is 2.37. The van der Waals surface area contributed by atoms with Crippen molar-refractivity contribution in [3.8, 4) is 11.5 Å². The molecule has 0 radical (unpaired) electrons. The number of anilines is 1. The molecule has 132 valence electrons. The molecule has 0 bridgehead atoms. The summed E-state index contributed by atoms with van der Waals surface area (Å²) in [7, 11) is 0. The highest BCUT2D eigenvalue weighted by atomic mass is 16.7. The minimum absolute atomic E-state index is 0.0537. The van der Waals surface area contributed by atoms with Crippen LogP contribution in [0, 0.1) is 0 Å². The quantitative estimate of drug-likeness (QED) is 0.676. The van der Waals surface area contributed by atoms with Crippen molar-refractivity contribution in [2.24, 2.45) is 0 Å². The molecule has 1 amide bonds. The summed E-state index contributed by atoms with van der Waals surface area (Å²) in [6.07, 6.45) is 3.00. The number of benzene rings is 2. The molecule has 4 rings (SSSR count). The van der Waals surface area contributed by atoms with Crippen LogP contribution in [0.1, 0.15) is 45.2 Å². The Kier molecular flexibility index (Phi) is 3.95. The molecule has 0 saturated carbocycles. The highest BCUT2D eigenvalue weighted by molar-refractivity contribution is 6.46. The average Bonchev–Trinajstić information content (AvgIpc) is 3.27. The highest BCUT2D eigenvalue weighted by Gasteiger charge is 2.24. The van der Waals surface area contributed by atoms with Gasteiger partial charge < -0.3 is 14.8 Å². The summed E-state index contributed by atoms with van der Waals surface area (Å²) >= 11 is 0. The second-order valence-corrected chi connectivity index (χ2v) is 6.43. The van der Waals surface area contributed by atoms with Crippen LogP contribution < -0.4 is 14.8 Å². The largest absolute Gasteiger partial charge is 0.454 e. The monoisotopic (exact) mass is 351 g/mol. The molecule has 1 aliphatic carbocycles. The van der Waals surface area contributed by atoms with Gasteiger partial charge in [0.1, 0.15) is 0 Å². The number of rotatable bonds is 4. The van der Waals surface area contributed by atoms with Crippen molar-refractivity contribution in [1.82, 2.24) is 0 Å². The molecule has 26 heavy (non-hydrogen) atoms. The van der Waals surface area contributed by atoms with Crippen LogP contribution in [0.4, 0.5) is 5.69 Å². The molecule has 6 nitrogen and oxygen atoms in total. The fourth-order valence-electron chi connectivity index (χ4n) is 3.36. The summed E-state index contributed by atoms with van der Waals surface area (Å²) in [4.78, 5) is 36.8. The lowest BCUT2D eigenvalue weighted by Gasteiger charge is -2.10. The third kappa shape index (κ3) is 2.83. The van der Waals surface area contributed by atoms with Gasteiger partial charge in [0.15, 0.2) is 17.3 Å². The summed E-state index contributed by atoms with van der Waals surface area (Å²) in [5.74, 6) is -0.798. The molecular formula is C20H17NO5. The average molecular weight is 351 g/mol. The fraction of sp³-hybridized carbons (Fsp3) is 0.250. The number of hydrogen-bond acceptors (Lipinski definition) is 5. The number of ether oxygens (including phenoxy) is 2. The number of ketones is 2. The number of nitrogens with one attached hydrogen (secondary N) is 1. The van der Waals surface area contributed by atoms with E-state index in [-0.39, 0.29) is 23.8 Å². The van der Waals surface area contributed by atoms with E-state index in [2.05, 4.69) is 5.32 Å². The number of carbonyl (C=O) groups excluding carboxylic acids is 3. The van der Waals surface area contributed by atoms with Gasteiger partial charge in [-0.1, -0.05) is 12.1 Å². The first-order valence-corrected chi connectivity index (χ1v) is 8.45. The van der Waals surface area contributed by atoms with Crippen molar-refractivity contribution in [3.05, 3.63) is 52.6 Å². The summed E-state index contributed by atoms with van der Waals surface area (Å²) in [5.41, 5.74) is 3.21. The van der Waals surface area contributed by atoms with E-state index in [0.29, 0.717) is 17.1 Å². The maximum atomic E-state index is 12.5. The van der Waals surface area contributed by atoms with E-state index in [9.17, 15) is 14.4 Å². The predicted octanol–water partition coefficient (Wildman–Crippen LogP) is 2.93. The first-order chi connectivity index (χ1) is 12.5. The smallest absolute Gasteiger partial charge is 0.296 e. The van der Waals surface area contributed by atoms with Gasteiger partial charge in [-0.25, -0.2) is 0 Å². The molecular weight excluding hydrogens is 334 g/mol. The Morgan fingerprint density at radius 1 is 0.962 bits per heavy atom. The molecule has 0 saturated heterocycles. The van der Waals surface area contributed by atoms with Gasteiger partial charge in [0.25, 0.3) is 11.7 Å². The maximum absolute atomic E-state index is 12.5. The van der Waals surface area contributed by atoms with Crippen LogP contribution in [-0.4, -0.2) is 24.3 Å². The van der Waals surface area contributed by atoms with Gasteiger partial charge in [-0.2, -0.15) is 0 Å². The zero-order valence-corrected chi connectivity index (χ0v) is 14.3. The predicted molar refractivity (Wildman–Crippen MR) is 94.0 cm³/mol. The second kappa shape index (κ2) is 6.29. The van der Waals surface area contributed by atoms with Crippen LogP contribution in [0.5, 0.6) is 11.5 Å². The van der Waals surface area contributed by atoms with Crippen molar-refractivity contribution in [2.75, 3.05) is 12.1 Å². The number of hydrogen-bond donors (Lipinski definition) is 1. The van der Waals surface area contributed by atoms with E-state index in [0.717, 1.165) is 24.8 Å². The van der Waals surface area contributed by atoms with Crippen molar-refractivity contribution in [3.63, 3.8) is 0 Å². The molecule has 2 aliphatic rings. The van der Waals surface area contributed by atoms with Crippen molar-refractivity contribution >= 4 is 23.2 Å². The summed E-state index contributed by atoms with van der Waals surface area (Å²) < 4.78 is 10.5. The van der Waals surface area contributed by atoms with Gasteiger partial charge in [0, 0.05) is 17.2 Å². The molecule has 6 heteroatoms. The molecule has 2 aromatic carbocycles. The number of fused-ring (bicyclic) bond motifs is 2. The second-order valence-electron chi connectivity index (χ2n) is 6.43. The molecule has 2 aromatic rings. The Labute approximate surface area is 150 Å². The zero-order chi connectivity index (χ0) is 18.3. The number of carbonyl (C=O) groups is 3. The molecule has 0 spiro atoms. The van der Waals surface area contributed by atoms with Gasteiger partial charge >= 0.3 is 0 Å². The number of amides is 1. The van der Waals surface area contributed by atoms with E-state index >= 15 is 0 Å². The lowest BCUT2D eigenvalue weighted by atomic mass is 10.0. The summed E-state index contributed by atoms with van der Waals surface area (Å²) in [5, 5.41) is 2.54. The first kappa shape index (κ1) is 16.3. The van der Waals surface area contributed by atoms with E-state index in [1.165, 1.54) is 24.6 Å². The van der Waals surface area contributed by atoms with Crippen molar-refractivity contribution in [1.29, 1.82) is 0 Å². The molecule has 0 atom stereocenters. The third-order valence-electron chi connectivity index (χ3n) is 4.71. The van der Waals surface area contributed by atoms with E-state index < -0.39 is 11.7 Å². The van der Waals surface area contributed by atoms with Gasteiger partial charge in [-0.15, -0.1) is 0 Å². The van der Waals surface area contributed by atoms with Gasteiger partial charge in [0.2, 0.25) is 6.79 Å². The summed E-state index contributed by atoms with van der Waals surface area (Å²) in [6, 6.07) is 8.39. The van der Waals surface area contributed by atoms with Gasteiger partial charge in [-0.3, -0.25) is 14.4 Å². The van der Waals surface area contributed by atoms with Crippen molar-refractivity contribution < 1.29 is 23.9 Å². The van der Waals surface area contributed by atoms with Crippen LogP contribution in [0.15, 0.2) is 30.3 Å². The van der Waals surface area contributed by atoms with Crippen molar-refractivity contribution in [2.45, 2.75) is 26.2 Å². The fourth-order valence-corrected chi connectivity index (χ4v) is 3.36. The molecule has 0 aromatic heterocycles. The van der Waals surface area contributed by atoms with Crippen LogP contribution in [-0.2, 0) is 17.6 Å². The Hall–Kier alpha value is -3.15. The lowest BCUT2D eigenvalue weighted by molar-refractivity contribution is -0.112. The van der Waals surface area contributed by atoms with E-state index in [1.54, 1.807) is 12.1 Å². The van der Waals surface area contributed by atoms with Crippen LogP contribution in [0.25, 0.3) is 0 Å². The molecule has 1 aliphatic heterocycles. The zero-order valence-electron chi connectivity index (χ0n) is 14.3. The first-order valence-electron chi connectivity index (χ1n) is 8.45. The Bertz CT molecular complexity index is 947. The van der Waals surface area contributed by atoms with E-state index in [4.69, 9.17) is 9.47 Å². The topological polar surface area (TPSA) is 81.7 Å². The Morgan fingerprint density at radius 2 is 1.69 bits per heavy atom. The van der Waals surface area contributed by atoms with Gasteiger partial charge in [0.05, 0.1) is 5.69 Å². The van der Waals surface area contributed by atoms with Crippen LogP contribution in [0.3, 0.4) is 0 Å². The van der Waals surface area contributed by atoms with E-state index in [1.807, 2.05) is 6.07 Å². The normalized spacial score (nSPS) is 14.0. The SMILES string of the molecule is CC(=O)c1cc2c(cc1NC(=O)C(=O)c1ccc3c(c1)CCC3)OCO2. The maximum Gasteiger partial charge on any atom is 0.296 e. The Balaban J connectivity index is 1.60. The summed E-state index contributed by atoms with van der Waals surface area (Å²) in [6.45, 7) is 1.44. The standard InChI is InChI=1S/C20H17NO5/c1-11(22)15-8-17-18(26-10-25-17)9-16(15)21-20(24)19(23)14-6-5-12-3-2-4-13(12)7-14/h5-9H,2-4,10H2,1H3,(H,21,24). The third-order valence-corrected chi connectivity index (χ3v) is 4.71. The molecule has 0 fully saturated rings. The number of aryl methyl sites for hydroxylation is 2. The molecule has 1 heterocycles. The molecule has 1 N–H and O–H groups in total. The Morgan fingerprint density at radius 3 is 2.46 bits per heavy atom.